The number of nitrogens with one attached hydrogen (secondary N) is 1. The van der Waals surface area contributed by atoms with Gasteiger partial charge in [-0.1, -0.05) is 23.7 Å². The van der Waals surface area contributed by atoms with Crippen molar-refractivity contribution in [1.29, 1.82) is 0 Å². The van der Waals surface area contributed by atoms with Crippen LogP contribution in [0.25, 0.3) is 0 Å². The number of halogens is 1. The molecular formula is C15H24ClN3. The van der Waals surface area contributed by atoms with E-state index in [0.717, 1.165) is 18.1 Å². The highest BCUT2D eigenvalue weighted by molar-refractivity contribution is 6.33. The van der Waals surface area contributed by atoms with Crippen LogP contribution >= 0.6 is 11.6 Å². The fraction of sp³-hybridized carbons (Fsp3) is 0.600. The van der Waals surface area contributed by atoms with Gasteiger partial charge in [0.15, 0.2) is 0 Å². The largest absolute Gasteiger partial charge is 0.372 e. The van der Waals surface area contributed by atoms with Gasteiger partial charge in [-0.05, 0) is 45.1 Å². The van der Waals surface area contributed by atoms with Crippen LogP contribution in [0, 0.1) is 0 Å². The highest BCUT2D eigenvalue weighted by Gasteiger charge is 2.23. The fourth-order valence-corrected chi connectivity index (χ4v) is 3.28. The molecule has 0 aromatic heterocycles. The molecule has 4 heteroatoms. The van der Waals surface area contributed by atoms with Crippen molar-refractivity contribution in [3.8, 4) is 0 Å². The van der Waals surface area contributed by atoms with Crippen LogP contribution in [0.1, 0.15) is 18.4 Å². The molecule has 1 saturated heterocycles. The second-order valence-electron chi connectivity index (χ2n) is 5.44. The van der Waals surface area contributed by atoms with Gasteiger partial charge in [-0.25, -0.2) is 0 Å². The first-order chi connectivity index (χ1) is 9.13. The Morgan fingerprint density at radius 3 is 2.89 bits per heavy atom. The summed E-state index contributed by atoms with van der Waals surface area (Å²) in [5, 5.41) is 4.06. The van der Waals surface area contributed by atoms with E-state index in [1.165, 1.54) is 30.6 Å². The van der Waals surface area contributed by atoms with Crippen molar-refractivity contribution in [1.82, 2.24) is 10.2 Å². The third kappa shape index (κ3) is 3.41. The number of anilines is 1. The minimum Gasteiger partial charge on any atom is -0.372 e. The van der Waals surface area contributed by atoms with Crippen molar-refractivity contribution in [2.45, 2.75) is 25.4 Å². The van der Waals surface area contributed by atoms with Gasteiger partial charge in [-0.2, -0.15) is 0 Å². The maximum atomic E-state index is 6.40. The lowest BCUT2D eigenvalue weighted by Gasteiger charge is -2.29. The summed E-state index contributed by atoms with van der Waals surface area (Å²) < 4.78 is 0. The molecule has 3 nitrogen and oxygen atoms in total. The molecule has 0 radical (unpaired) electrons. The average Bonchev–Trinajstić information content (AvgIpc) is 2.75. The van der Waals surface area contributed by atoms with E-state index in [9.17, 15) is 0 Å². The van der Waals surface area contributed by atoms with Gasteiger partial charge < -0.3 is 15.1 Å². The Kier molecular flexibility index (Phi) is 5.08. The van der Waals surface area contributed by atoms with E-state index in [1.807, 2.05) is 19.2 Å². The van der Waals surface area contributed by atoms with Gasteiger partial charge in [0.05, 0.1) is 10.7 Å². The minimum atomic E-state index is 0.642. The van der Waals surface area contributed by atoms with Gasteiger partial charge in [0.2, 0.25) is 0 Å². The average molecular weight is 282 g/mol. The molecule has 1 aliphatic heterocycles. The molecule has 19 heavy (non-hydrogen) atoms. The summed E-state index contributed by atoms with van der Waals surface area (Å²) in [6, 6.07) is 6.79. The summed E-state index contributed by atoms with van der Waals surface area (Å²) in [6.07, 6.45) is 2.59. The van der Waals surface area contributed by atoms with Gasteiger partial charge >= 0.3 is 0 Å². The summed E-state index contributed by atoms with van der Waals surface area (Å²) >= 11 is 6.40. The van der Waals surface area contributed by atoms with Gasteiger partial charge in [-0.3, -0.25) is 0 Å². The Bertz CT molecular complexity index is 422. The number of benzene rings is 1. The lowest BCUT2D eigenvalue weighted by Crippen LogP contribution is -2.37. The molecule has 0 bridgehead atoms. The second-order valence-corrected chi connectivity index (χ2v) is 5.84. The minimum absolute atomic E-state index is 0.642. The molecule has 0 aliphatic carbocycles. The Balaban J connectivity index is 2.15. The van der Waals surface area contributed by atoms with Crippen molar-refractivity contribution >= 4 is 17.3 Å². The van der Waals surface area contributed by atoms with Gasteiger partial charge in [0.25, 0.3) is 0 Å². The molecule has 106 valence electrons. The lowest BCUT2D eigenvalue weighted by atomic mass is 10.1. The Morgan fingerprint density at radius 2 is 2.26 bits per heavy atom. The molecule has 1 N–H and O–H groups in total. The molecule has 1 unspecified atom stereocenters. The quantitative estimate of drug-likeness (QED) is 0.895. The van der Waals surface area contributed by atoms with E-state index in [1.54, 1.807) is 0 Å². The van der Waals surface area contributed by atoms with Crippen molar-refractivity contribution < 1.29 is 0 Å². The highest BCUT2D eigenvalue weighted by atomic mass is 35.5. The Labute approximate surface area is 121 Å². The number of likely N-dealkylation sites (N-methyl/N-ethyl adjacent to an activating group) is 2. The first-order valence-corrected chi connectivity index (χ1v) is 7.34. The normalized spacial score (nSPS) is 19.9. The van der Waals surface area contributed by atoms with Crippen LogP contribution in [0.3, 0.4) is 0 Å². The number of para-hydroxylation sites is 1. The highest BCUT2D eigenvalue weighted by Crippen LogP contribution is 2.30. The zero-order chi connectivity index (χ0) is 13.8. The van der Waals surface area contributed by atoms with Crippen LogP contribution < -0.4 is 10.2 Å². The number of likely N-dealkylation sites (tertiary alicyclic amines) is 1. The molecule has 1 aliphatic rings. The van der Waals surface area contributed by atoms with E-state index in [-0.39, 0.29) is 0 Å². The van der Waals surface area contributed by atoms with E-state index >= 15 is 0 Å². The first-order valence-electron chi connectivity index (χ1n) is 6.97. The van der Waals surface area contributed by atoms with Crippen molar-refractivity contribution in [3.05, 3.63) is 28.8 Å². The Hall–Kier alpha value is -0.770. The van der Waals surface area contributed by atoms with Gasteiger partial charge in [0, 0.05) is 26.2 Å². The predicted molar refractivity (Wildman–Crippen MR) is 83.1 cm³/mol. The van der Waals surface area contributed by atoms with Crippen molar-refractivity contribution in [2.75, 3.05) is 39.1 Å². The van der Waals surface area contributed by atoms with Crippen LogP contribution in [0.4, 0.5) is 5.69 Å². The summed E-state index contributed by atoms with van der Waals surface area (Å²) in [5.74, 6) is 0. The zero-order valence-corrected chi connectivity index (χ0v) is 12.9. The number of hydrogen-bond donors (Lipinski definition) is 1. The molecule has 0 amide bonds. The van der Waals surface area contributed by atoms with E-state index in [2.05, 4.69) is 35.3 Å². The molecule has 1 atom stereocenters. The molecule has 0 spiro atoms. The topological polar surface area (TPSA) is 18.5 Å². The first kappa shape index (κ1) is 14.6. The maximum absolute atomic E-state index is 6.40. The summed E-state index contributed by atoms with van der Waals surface area (Å²) in [7, 11) is 6.33. The Morgan fingerprint density at radius 1 is 1.47 bits per heavy atom. The standard InChI is InChI=1S/C15H24ClN3/c1-17-10-12-6-4-8-14(16)15(12)19(3)11-13-7-5-9-18(13)2/h4,6,8,13,17H,5,7,9-11H2,1-3H3. The van der Waals surface area contributed by atoms with E-state index in [0.29, 0.717) is 6.04 Å². The molecule has 2 rings (SSSR count). The predicted octanol–water partition coefficient (Wildman–Crippen LogP) is 2.59. The SMILES string of the molecule is CNCc1cccc(Cl)c1N(C)CC1CCCN1C. The smallest absolute Gasteiger partial charge is 0.0642 e. The van der Waals surface area contributed by atoms with Crippen LogP contribution in [-0.4, -0.2) is 45.2 Å². The summed E-state index contributed by atoms with van der Waals surface area (Å²) in [6.45, 7) is 3.10. The summed E-state index contributed by atoms with van der Waals surface area (Å²) in [4.78, 5) is 4.76. The fourth-order valence-electron chi connectivity index (χ4n) is 2.94. The van der Waals surface area contributed by atoms with Crippen molar-refractivity contribution in [3.63, 3.8) is 0 Å². The molecule has 1 heterocycles. The molecular weight excluding hydrogens is 258 g/mol. The second kappa shape index (κ2) is 6.60. The molecule has 0 saturated carbocycles. The third-order valence-corrected chi connectivity index (χ3v) is 4.28. The van der Waals surface area contributed by atoms with Crippen LogP contribution in [0.2, 0.25) is 5.02 Å². The van der Waals surface area contributed by atoms with Crippen LogP contribution in [-0.2, 0) is 6.54 Å². The summed E-state index contributed by atoms with van der Waals surface area (Å²) in [5.41, 5.74) is 2.43. The van der Waals surface area contributed by atoms with Gasteiger partial charge in [-0.15, -0.1) is 0 Å². The van der Waals surface area contributed by atoms with Crippen molar-refractivity contribution in [2.24, 2.45) is 0 Å². The third-order valence-electron chi connectivity index (χ3n) is 3.98. The van der Waals surface area contributed by atoms with E-state index in [4.69, 9.17) is 11.6 Å². The monoisotopic (exact) mass is 281 g/mol. The molecule has 1 aromatic carbocycles. The molecule has 1 aromatic rings. The molecule has 1 fully saturated rings. The lowest BCUT2D eigenvalue weighted by molar-refractivity contribution is 0.314. The number of rotatable bonds is 5. The number of hydrogen-bond acceptors (Lipinski definition) is 3. The number of nitrogens with zero attached hydrogens (tertiary/aromatic N) is 2. The van der Waals surface area contributed by atoms with E-state index < -0.39 is 0 Å². The van der Waals surface area contributed by atoms with Gasteiger partial charge in [0.1, 0.15) is 0 Å². The zero-order valence-electron chi connectivity index (χ0n) is 12.1. The van der Waals surface area contributed by atoms with Crippen LogP contribution in [0.5, 0.6) is 0 Å². The van der Waals surface area contributed by atoms with Crippen LogP contribution in [0.15, 0.2) is 18.2 Å². The maximum Gasteiger partial charge on any atom is 0.0642 e.